The topological polar surface area (TPSA) is 959 Å². The van der Waals surface area contributed by atoms with Gasteiger partial charge in [0.05, 0.1) is 58.2 Å². The van der Waals surface area contributed by atoms with Crippen LogP contribution in [0.15, 0.2) is 70.6 Å². The molecular formula is C90H144N32O25. The number of aliphatic imine (C=N–C) groups is 2. The second-order valence-electron chi connectivity index (χ2n) is 34.8. The van der Waals surface area contributed by atoms with Crippen LogP contribution in [0.4, 0.5) is 0 Å². The Balaban J connectivity index is 1.71. The average molecular weight is 2070 g/mol. The number of carbonyl (C=O) groups is 23. The first-order valence-electron chi connectivity index (χ1n) is 48.3. The molecule has 0 radical (unpaired) electrons. The van der Waals surface area contributed by atoms with Gasteiger partial charge in [0.15, 0.2) is 11.9 Å². The third-order valence-corrected chi connectivity index (χ3v) is 22.7. The number of hydrogen-bond acceptors (Lipinski definition) is 30. The molecule has 147 heavy (non-hydrogen) atoms. The molecule has 2 heterocycles. The van der Waals surface area contributed by atoms with Crippen LogP contribution in [0.1, 0.15) is 177 Å². The minimum absolute atomic E-state index is 0.0246. The number of rotatable bonds is 50. The first-order valence-corrected chi connectivity index (χ1v) is 48.3. The van der Waals surface area contributed by atoms with Gasteiger partial charge in [-0.15, -0.1) is 0 Å². The molecule has 2 aliphatic rings. The summed E-state index contributed by atoms with van der Waals surface area (Å²) in [5.74, 6) is -24.8. The highest BCUT2D eigenvalue weighted by molar-refractivity contribution is 6.03. The Bertz CT molecular complexity index is 4840. The van der Waals surface area contributed by atoms with Gasteiger partial charge in [-0.1, -0.05) is 48.5 Å². The summed E-state index contributed by atoms with van der Waals surface area (Å²) in [7, 11) is 0. The molecule has 0 saturated carbocycles. The predicted molar refractivity (Wildman–Crippen MR) is 527 cm³/mol. The van der Waals surface area contributed by atoms with E-state index in [1.807, 2.05) is 0 Å². The number of benzene rings is 2. The number of guanidine groups is 2. The molecule has 4 rings (SSSR count). The highest BCUT2D eigenvalue weighted by Crippen LogP contribution is 2.16. The molecule has 15 atom stereocenters. The molecule has 2 fully saturated rings. The number of nitrogens with zero attached hydrogens (tertiary/aromatic N) is 2. The van der Waals surface area contributed by atoms with E-state index in [1.54, 1.807) is 48.5 Å². The predicted octanol–water partition coefficient (Wildman–Crippen LogP) is -14.3. The molecule has 23 amide bonds. The quantitative estimate of drug-likeness (QED) is 0.0166. The summed E-state index contributed by atoms with van der Waals surface area (Å²) in [5.41, 5.74) is 57.3. The summed E-state index contributed by atoms with van der Waals surface area (Å²) in [5, 5.41) is 70.6. The zero-order valence-electron chi connectivity index (χ0n) is 82.0. The molecule has 0 aliphatic carbocycles. The van der Waals surface area contributed by atoms with Crippen molar-refractivity contribution in [2.45, 2.75) is 258 Å². The van der Waals surface area contributed by atoms with Gasteiger partial charge in [0, 0.05) is 44.6 Å². The summed E-state index contributed by atoms with van der Waals surface area (Å²) in [6, 6.07) is -8.20. The van der Waals surface area contributed by atoms with Crippen molar-refractivity contribution < 1.29 is 120 Å². The van der Waals surface area contributed by atoms with Crippen LogP contribution in [0.5, 0.6) is 0 Å². The molecule has 0 aromatic heterocycles. The maximum Gasteiger partial charge on any atom is 0.251 e. The van der Waals surface area contributed by atoms with Crippen molar-refractivity contribution in [3.63, 3.8) is 0 Å². The smallest absolute Gasteiger partial charge is 0.251 e. The van der Waals surface area contributed by atoms with Crippen molar-refractivity contribution in [2.75, 3.05) is 78.6 Å². The number of nitrogens with two attached hydrogens (primary N) is 10. The van der Waals surface area contributed by atoms with Crippen LogP contribution in [-0.2, 0) is 112 Å². The number of aliphatic hydroxyl groups excluding tert-OH is 2. The van der Waals surface area contributed by atoms with Crippen molar-refractivity contribution in [1.82, 2.24) is 106 Å². The third-order valence-electron chi connectivity index (χ3n) is 22.7. The third kappa shape index (κ3) is 49.6. The summed E-state index contributed by atoms with van der Waals surface area (Å²) in [4.78, 5) is 327. The van der Waals surface area contributed by atoms with Crippen LogP contribution < -0.4 is 164 Å². The lowest BCUT2D eigenvalue weighted by atomic mass is 10.0. The van der Waals surface area contributed by atoms with Gasteiger partial charge in [-0.25, -0.2) is 0 Å². The lowest BCUT2D eigenvalue weighted by molar-refractivity contribution is -0.137. The zero-order chi connectivity index (χ0) is 109. The number of unbranched alkanes of at least 4 members (excludes halogenated alkanes) is 3. The zero-order valence-corrected chi connectivity index (χ0v) is 82.0. The lowest BCUT2D eigenvalue weighted by Gasteiger charge is -2.28. The van der Waals surface area contributed by atoms with Gasteiger partial charge in [0.25, 0.3) is 5.91 Å². The largest absolute Gasteiger partial charge is 0.394 e. The summed E-state index contributed by atoms with van der Waals surface area (Å²) < 4.78 is 0. The van der Waals surface area contributed by atoms with E-state index in [4.69, 9.17) is 57.3 Å². The number of hydrogen-bond donors (Lipinski definition) is 32. The molecule has 2 aromatic rings. The fourth-order valence-corrected chi connectivity index (χ4v) is 14.7. The van der Waals surface area contributed by atoms with E-state index in [0.717, 1.165) is 6.92 Å². The van der Waals surface area contributed by atoms with Crippen molar-refractivity contribution in [3.8, 4) is 0 Å². The lowest BCUT2D eigenvalue weighted by Crippen LogP contribution is -2.61. The second-order valence-corrected chi connectivity index (χ2v) is 34.8. The van der Waals surface area contributed by atoms with Gasteiger partial charge in [0.2, 0.25) is 130 Å². The normalized spacial score (nSPS) is 20.4. The molecule has 814 valence electrons. The number of carbonyl (C=O) groups excluding carboxylic acids is 23. The molecule has 2 aromatic carbocycles. The Labute approximate surface area is 846 Å². The van der Waals surface area contributed by atoms with Gasteiger partial charge in [-0.3, -0.25) is 120 Å². The molecule has 2 saturated heterocycles. The van der Waals surface area contributed by atoms with Gasteiger partial charge >= 0.3 is 0 Å². The van der Waals surface area contributed by atoms with Crippen LogP contribution in [0, 0.1) is 0 Å². The van der Waals surface area contributed by atoms with Gasteiger partial charge in [0.1, 0.15) is 84.6 Å². The van der Waals surface area contributed by atoms with E-state index in [2.05, 4.69) is 116 Å². The standard InChI is InChI=1S/C90H144N32O25/c1-49(124)73(122-86(145)61(40-50-20-4-2-5-21-50)110-71(131)46-106-69(129)44-105-70(130)45-107-75(134)51-22-6-3-7-23-51)88(147)108-47-72(132)109-52-27-11-16-37-102-68(128)43-63(120-87(146)64(48-123)121-82(141)55(26-10-15-35-93)113-79(138)57(115-76(52)135)29-18-38-103-89(97)98)85(144)116-58(30-19-39-104-90(99)100)80(139)111-53(24-8-13-33-91)77(136)114-56-28-12-17-36-101-67(127)42-60(74(96)133)118-83(142)59(31-32-65(94)125)117-84(143)62(41-66(95)126)119-81(140)54(112-78(56)137)25-9-14-34-92/h2-7,20-23,49,52-64,73,123-124H,8-19,24-48,91-93H2,1H3,(H2,94,125)(H2,95,126)(H2,96,133)(H,101,127)(H,102,128)(H,105,130)(H,106,129)(H,107,134)(H,108,147)(H,109,132)(H,110,131)(H,111,139)(H,112,137)(H,113,138)(H,114,136)(H,115,135)(H,116,144)(H,117,143)(H,118,142)(H,119,140)(H,120,146)(H,121,141)(H,122,145)(H4,97,98,103)(H4,99,100,104)/t49-,52+,53+,54+,55+,56+,57+,58+,59+,60+,61+,62+,63+,64+,73+/m1/s1. The van der Waals surface area contributed by atoms with Crippen molar-refractivity contribution in [1.29, 1.82) is 0 Å². The number of primary amides is 3. The molecular weight excluding hydrogens is 1930 g/mol. The van der Waals surface area contributed by atoms with Gasteiger partial charge < -0.3 is 174 Å². The number of nitrogens with one attached hydrogen (secondary N) is 20. The van der Waals surface area contributed by atoms with E-state index < -0.39 is 304 Å². The monoisotopic (exact) mass is 2070 g/mol. The molecule has 57 nitrogen and oxygen atoms in total. The molecule has 2 aliphatic heterocycles. The summed E-state index contributed by atoms with van der Waals surface area (Å²) in [6.45, 7) is -3.51. The fraction of sp³-hybridized carbons (Fsp3) is 0.589. The Morgan fingerprint density at radius 3 is 1.37 bits per heavy atom. The molecule has 0 unspecified atom stereocenters. The first kappa shape index (κ1) is 124. The Kier molecular flexibility index (Phi) is 57.3. The summed E-state index contributed by atoms with van der Waals surface area (Å²) in [6.07, 6.45) is -6.84. The van der Waals surface area contributed by atoms with Crippen molar-refractivity contribution in [3.05, 3.63) is 71.8 Å². The van der Waals surface area contributed by atoms with Crippen LogP contribution in [0.3, 0.4) is 0 Å². The SMILES string of the molecule is C[C@@H](O)[C@H](NC(=O)[C@H](Cc1ccccc1)NC(=O)CNC(=O)CNC(=O)CNC(=O)c1ccccc1)C(=O)NCC(=O)N[C@H]1CCCCNC(=O)C[C@@H](C(=O)N[C@@H](CCCN=C(N)N)C(=O)N[C@@H](CCCCN)C(=O)N[C@H]2CCCCNC(=O)C[C@@H](C(N)=O)NC(=O)[C@H](CCC(N)=O)NC(=O)[C@H](CC(N)=O)NC(=O)[C@H](CCCCN)NC2=O)NC(=O)[C@H](CO)NC(=O)[C@H](CCCCN)NC(=O)[C@H](CCCN=C(N)N)NC1=O. The Morgan fingerprint density at radius 2 is 0.844 bits per heavy atom. The molecule has 0 bridgehead atoms. The van der Waals surface area contributed by atoms with Crippen molar-refractivity contribution in [2.24, 2.45) is 67.3 Å². The first-order chi connectivity index (χ1) is 69.9. The van der Waals surface area contributed by atoms with E-state index in [9.17, 15) is 106 Å². The highest BCUT2D eigenvalue weighted by Gasteiger charge is 2.40. The van der Waals surface area contributed by atoms with Crippen molar-refractivity contribution >= 4 is 148 Å². The van der Waals surface area contributed by atoms with Crippen LogP contribution in [0.2, 0.25) is 0 Å². The number of aliphatic hydroxyl groups is 2. The summed E-state index contributed by atoms with van der Waals surface area (Å²) >= 11 is 0. The van der Waals surface area contributed by atoms with E-state index in [0.29, 0.717) is 5.56 Å². The molecule has 57 heteroatoms. The minimum atomic E-state index is -2.06. The van der Waals surface area contributed by atoms with Crippen LogP contribution >= 0.6 is 0 Å². The van der Waals surface area contributed by atoms with E-state index in [-0.39, 0.29) is 179 Å². The fourth-order valence-electron chi connectivity index (χ4n) is 14.7. The number of amides is 23. The van der Waals surface area contributed by atoms with E-state index in [1.165, 1.54) is 12.1 Å². The average Bonchev–Trinajstić information content (AvgIpc) is 0.848. The van der Waals surface area contributed by atoms with Gasteiger partial charge in [-0.2, -0.15) is 0 Å². The highest BCUT2D eigenvalue weighted by atomic mass is 16.3. The van der Waals surface area contributed by atoms with Crippen LogP contribution in [-0.4, -0.2) is 327 Å². The minimum Gasteiger partial charge on any atom is -0.394 e. The van der Waals surface area contributed by atoms with E-state index >= 15 is 14.4 Å². The maximum atomic E-state index is 15.1. The Hall–Kier alpha value is -15.4. The second kappa shape index (κ2) is 68.0. The maximum absolute atomic E-state index is 15.1. The van der Waals surface area contributed by atoms with Gasteiger partial charge in [-0.05, 0) is 173 Å². The molecule has 42 N–H and O–H groups in total. The van der Waals surface area contributed by atoms with Crippen LogP contribution in [0.25, 0.3) is 0 Å². The molecule has 0 spiro atoms. The Morgan fingerprint density at radius 1 is 0.408 bits per heavy atom.